The number of aromatic amines is 1. The number of methoxy groups -OCH3 is 1. The van der Waals surface area contributed by atoms with Gasteiger partial charge in [-0.1, -0.05) is 42.1 Å². The summed E-state index contributed by atoms with van der Waals surface area (Å²) in [6.07, 6.45) is 3.86. The van der Waals surface area contributed by atoms with E-state index in [1.807, 2.05) is 30.4 Å². The second-order valence-corrected chi connectivity index (χ2v) is 5.77. The van der Waals surface area contributed by atoms with E-state index in [-0.39, 0.29) is 11.7 Å². The molecule has 0 spiro atoms. The van der Waals surface area contributed by atoms with Gasteiger partial charge in [-0.15, -0.1) is 5.10 Å². The highest BCUT2D eigenvalue weighted by molar-refractivity contribution is 7.99. The average Bonchev–Trinajstić information content (AvgIpc) is 3.00. The van der Waals surface area contributed by atoms with E-state index in [1.165, 1.54) is 17.3 Å². The van der Waals surface area contributed by atoms with Gasteiger partial charge in [-0.25, -0.2) is 4.98 Å². The third-order valence-electron chi connectivity index (χ3n) is 3.05. The highest BCUT2D eigenvalue weighted by Crippen LogP contribution is 2.14. The first kappa shape index (κ1) is 17.2. The van der Waals surface area contributed by atoms with Gasteiger partial charge in [0.25, 0.3) is 0 Å². The zero-order valence-electron chi connectivity index (χ0n) is 13.2. The van der Waals surface area contributed by atoms with Crippen LogP contribution in [0.1, 0.15) is 17.0 Å². The number of hydrogen-bond acceptors (Lipinski definition) is 5. The highest BCUT2D eigenvalue weighted by atomic mass is 32.2. The molecule has 6 nitrogen and oxygen atoms in total. The molecule has 1 aromatic heterocycles. The van der Waals surface area contributed by atoms with Crippen LogP contribution in [0, 0.1) is 6.92 Å². The number of benzene rings is 1. The average molecular weight is 332 g/mol. The van der Waals surface area contributed by atoms with E-state index < -0.39 is 0 Å². The van der Waals surface area contributed by atoms with Gasteiger partial charge in [0.2, 0.25) is 11.1 Å². The van der Waals surface area contributed by atoms with Crippen LogP contribution in [0.5, 0.6) is 0 Å². The molecule has 0 saturated carbocycles. The number of aromatic nitrogens is 3. The van der Waals surface area contributed by atoms with Crippen molar-refractivity contribution in [2.24, 2.45) is 0 Å². The molecule has 0 aliphatic rings. The third-order valence-corrected chi connectivity index (χ3v) is 3.90. The van der Waals surface area contributed by atoms with Gasteiger partial charge in [0.1, 0.15) is 5.82 Å². The molecule has 0 atom stereocenters. The SMILES string of the molecule is COCCNC(=O)CSc1n[nH]c(/C=C/c2ccccc2C)n1. The van der Waals surface area contributed by atoms with Gasteiger partial charge in [0.15, 0.2) is 0 Å². The summed E-state index contributed by atoms with van der Waals surface area (Å²) >= 11 is 1.29. The van der Waals surface area contributed by atoms with Crippen LogP contribution < -0.4 is 5.32 Å². The lowest BCUT2D eigenvalue weighted by molar-refractivity contribution is -0.118. The van der Waals surface area contributed by atoms with Crippen molar-refractivity contribution in [2.45, 2.75) is 12.1 Å². The molecule has 0 unspecified atom stereocenters. The van der Waals surface area contributed by atoms with Crippen LogP contribution in [0.4, 0.5) is 0 Å². The van der Waals surface area contributed by atoms with Crippen LogP contribution in [0.3, 0.4) is 0 Å². The van der Waals surface area contributed by atoms with Gasteiger partial charge in [-0.3, -0.25) is 9.89 Å². The van der Waals surface area contributed by atoms with Gasteiger partial charge in [0, 0.05) is 13.7 Å². The molecule has 23 heavy (non-hydrogen) atoms. The Morgan fingerprint density at radius 2 is 2.22 bits per heavy atom. The fourth-order valence-electron chi connectivity index (χ4n) is 1.81. The maximum atomic E-state index is 11.6. The molecule has 0 aliphatic heterocycles. The van der Waals surface area contributed by atoms with Gasteiger partial charge in [-0.05, 0) is 24.1 Å². The summed E-state index contributed by atoms with van der Waals surface area (Å²) < 4.78 is 4.87. The molecule has 7 heteroatoms. The first-order valence-corrected chi connectivity index (χ1v) is 8.22. The van der Waals surface area contributed by atoms with E-state index in [2.05, 4.69) is 33.5 Å². The second-order valence-electron chi connectivity index (χ2n) is 4.82. The number of carbonyl (C=O) groups is 1. The number of H-pyrrole nitrogens is 1. The van der Waals surface area contributed by atoms with E-state index in [9.17, 15) is 4.79 Å². The van der Waals surface area contributed by atoms with Crippen molar-refractivity contribution in [1.82, 2.24) is 20.5 Å². The molecule has 0 radical (unpaired) electrons. The van der Waals surface area contributed by atoms with Gasteiger partial charge >= 0.3 is 0 Å². The number of aryl methyl sites for hydroxylation is 1. The van der Waals surface area contributed by atoms with Crippen LogP contribution in [-0.2, 0) is 9.53 Å². The quantitative estimate of drug-likeness (QED) is 0.572. The van der Waals surface area contributed by atoms with E-state index in [0.29, 0.717) is 24.1 Å². The molecule has 2 rings (SSSR count). The first-order chi connectivity index (χ1) is 11.2. The summed E-state index contributed by atoms with van der Waals surface area (Å²) in [5.74, 6) is 0.882. The molecule has 122 valence electrons. The molecule has 1 amide bonds. The van der Waals surface area contributed by atoms with E-state index in [0.717, 1.165) is 5.56 Å². The number of nitrogens with one attached hydrogen (secondary N) is 2. The van der Waals surface area contributed by atoms with E-state index in [1.54, 1.807) is 7.11 Å². The molecule has 0 bridgehead atoms. The lowest BCUT2D eigenvalue weighted by atomic mass is 10.1. The van der Waals surface area contributed by atoms with Crippen molar-refractivity contribution in [3.05, 3.63) is 41.2 Å². The summed E-state index contributed by atoms with van der Waals surface area (Å²) in [5.41, 5.74) is 2.33. The Kier molecular flexibility index (Phi) is 6.83. The molecule has 0 aliphatic carbocycles. The number of thioether (sulfide) groups is 1. The molecule has 1 aromatic carbocycles. The van der Waals surface area contributed by atoms with E-state index >= 15 is 0 Å². The maximum absolute atomic E-state index is 11.6. The smallest absolute Gasteiger partial charge is 0.230 e. The minimum absolute atomic E-state index is 0.0612. The van der Waals surface area contributed by atoms with Crippen molar-refractivity contribution >= 4 is 29.8 Å². The monoisotopic (exact) mass is 332 g/mol. The Bertz CT molecular complexity index is 670. The summed E-state index contributed by atoms with van der Waals surface area (Å²) in [6, 6.07) is 8.11. The van der Waals surface area contributed by atoms with Crippen molar-refractivity contribution in [3.63, 3.8) is 0 Å². The molecule has 2 N–H and O–H groups in total. The molecule has 0 fully saturated rings. The van der Waals surface area contributed by atoms with Gasteiger partial charge in [0.05, 0.1) is 12.4 Å². The fraction of sp³-hybridized carbons (Fsp3) is 0.312. The largest absolute Gasteiger partial charge is 0.383 e. The fourth-order valence-corrected chi connectivity index (χ4v) is 2.45. The maximum Gasteiger partial charge on any atom is 0.230 e. The zero-order chi connectivity index (χ0) is 16.5. The predicted octanol–water partition coefficient (Wildman–Crippen LogP) is 2.14. The Morgan fingerprint density at radius 3 is 3.00 bits per heavy atom. The Morgan fingerprint density at radius 1 is 1.39 bits per heavy atom. The summed E-state index contributed by atoms with van der Waals surface area (Å²) in [5, 5.41) is 10.2. The van der Waals surface area contributed by atoms with Crippen molar-refractivity contribution in [3.8, 4) is 0 Å². The van der Waals surface area contributed by atoms with E-state index in [4.69, 9.17) is 4.74 Å². The molecule has 1 heterocycles. The van der Waals surface area contributed by atoms with Crippen molar-refractivity contribution < 1.29 is 9.53 Å². The molecular weight excluding hydrogens is 312 g/mol. The minimum atomic E-state index is -0.0612. The van der Waals surface area contributed by atoms with Crippen LogP contribution in [0.2, 0.25) is 0 Å². The standard InChI is InChI=1S/C16H20N4O2S/c1-12-5-3-4-6-13(12)7-8-14-18-16(20-19-14)23-11-15(21)17-9-10-22-2/h3-8H,9-11H2,1-2H3,(H,17,21)(H,18,19,20)/b8-7+. The predicted molar refractivity (Wildman–Crippen MR) is 92.1 cm³/mol. The van der Waals surface area contributed by atoms with Crippen LogP contribution in [0.25, 0.3) is 12.2 Å². The molecular formula is C16H20N4O2S. The topological polar surface area (TPSA) is 79.9 Å². The highest BCUT2D eigenvalue weighted by Gasteiger charge is 2.06. The normalized spacial score (nSPS) is 11.0. The van der Waals surface area contributed by atoms with Crippen molar-refractivity contribution in [2.75, 3.05) is 26.0 Å². The summed E-state index contributed by atoms with van der Waals surface area (Å²) in [6.45, 7) is 3.07. The first-order valence-electron chi connectivity index (χ1n) is 7.23. The zero-order valence-corrected chi connectivity index (χ0v) is 14.0. The number of carbonyl (C=O) groups excluding carboxylic acids is 1. The number of rotatable bonds is 8. The van der Waals surface area contributed by atoms with Gasteiger partial charge < -0.3 is 10.1 Å². The summed E-state index contributed by atoms with van der Waals surface area (Å²) in [4.78, 5) is 15.9. The van der Waals surface area contributed by atoms with Crippen LogP contribution in [0.15, 0.2) is 29.4 Å². The molecule has 2 aromatic rings. The Balaban J connectivity index is 1.84. The third kappa shape index (κ3) is 5.88. The number of nitrogens with zero attached hydrogens (tertiary/aromatic N) is 2. The lowest BCUT2D eigenvalue weighted by Gasteiger charge is -2.02. The molecule has 0 saturated heterocycles. The lowest BCUT2D eigenvalue weighted by Crippen LogP contribution is -2.28. The van der Waals surface area contributed by atoms with Crippen molar-refractivity contribution in [1.29, 1.82) is 0 Å². The number of amides is 1. The minimum Gasteiger partial charge on any atom is -0.383 e. The van der Waals surface area contributed by atoms with Crippen LogP contribution in [-0.4, -0.2) is 47.1 Å². The Hall–Kier alpha value is -2.12. The van der Waals surface area contributed by atoms with Crippen LogP contribution >= 0.6 is 11.8 Å². The number of ether oxygens (including phenoxy) is 1. The van der Waals surface area contributed by atoms with Gasteiger partial charge in [-0.2, -0.15) is 0 Å². The number of hydrogen-bond donors (Lipinski definition) is 2. The second kappa shape index (κ2) is 9.12. The Labute approximate surface area is 139 Å². The summed E-state index contributed by atoms with van der Waals surface area (Å²) in [7, 11) is 1.60.